The molecule has 2 atom stereocenters. The third-order valence-electron chi connectivity index (χ3n) is 6.37. The standard InChI is InChI=1S/C24H27F3N6O2/c1-15-8-22(35-3)16(2)7-18(15)12-32-13-20(33-14-29-30-31-33)10-21(32)23(34)28-11-17-5-4-6-19(9-17)24(25,26)27/h4-9,14,20-21H,10-13H2,1-3H3,(H,28,34)/t20-,21+/m1/s1. The molecule has 3 aromatic rings. The number of alkyl halides is 3. The molecule has 1 fully saturated rings. The van der Waals surface area contributed by atoms with Crippen molar-refractivity contribution in [1.29, 1.82) is 0 Å². The molecule has 11 heteroatoms. The summed E-state index contributed by atoms with van der Waals surface area (Å²) in [4.78, 5) is 15.3. The van der Waals surface area contributed by atoms with Crippen molar-refractivity contribution in [3.63, 3.8) is 0 Å². The topological polar surface area (TPSA) is 85.2 Å². The molecule has 2 heterocycles. The van der Waals surface area contributed by atoms with Crippen molar-refractivity contribution in [3.05, 3.63) is 70.5 Å². The molecule has 1 N–H and O–H groups in total. The van der Waals surface area contributed by atoms with E-state index < -0.39 is 17.8 Å². The summed E-state index contributed by atoms with van der Waals surface area (Å²) in [5.74, 6) is 0.551. The Balaban J connectivity index is 1.51. The number of hydrogen-bond donors (Lipinski definition) is 1. The van der Waals surface area contributed by atoms with Crippen LogP contribution < -0.4 is 10.1 Å². The molecule has 4 rings (SSSR count). The lowest BCUT2D eigenvalue weighted by Gasteiger charge is -2.25. The van der Waals surface area contributed by atoms with Crippen LogP contribution in [-0.2, 0) is 24.1 Å². The number of rotatable bonds is 7. The number of carbonyl (C=O) groups is 1. The minimum atomic E-state index is -4.43. The second-order valence-corrected chi connectivity index (χ2v) is 8.79. The lowest BCUT2D eigenvalue weighted by atomic mass is 10.0. The van der Waals surface area contributed by atoms with Crippen molar-refractivity contribution in [2.24, 2.45) is 0 Å². The van der Waals surface area contributed by atoms with Gasteiger partial charge in [-0.2, -0.15) is 13.2 Å². The second-order valence-electron chi connectivity index (χ2n) is 8.79. The van der Waals surface area contributed by atoms with Crippen LogP contribution in [0.3, 0.4) is 0 Å². The molecule has 1 amide bonds. The fourth-order valence-corrected chi connectivity index (χ4v) is 4.48. The van der Waals surface area contributed by atoms with Gasteiger partial charge in [-0.25, -0.2) is 4.68 Å². The monoisotopic (exact) mass is 488 g/mol. The highest BCUT2D eigenvalue weighted by Crippen LogP contribution is 2.31. The van der Waals surface area contributed by atoms with Crippen LogP contribution >= 0.6 is 0 Å². The molecule has 0 spiro atoms. The molecule has 0 saturated carbocycles. The van der Waals surface area contributed by atoms with E-state index in [2.05, 4.69) is 31.8 Å². The van der Waals surface area contributed by atoms with Crippen LogP contribution in [0.4, 0.5) is 13.2 Å². The number of nitrogens with zero attached hydrogens (tertiary/aromatic N) is 5. The molecular formula is C24H27F3N6O2. The Labute approximate surface area is 201 Å². The zero-order chi connectivity index (χ0) is 25.2. The van der Waals surface area contributed by atoms with E-state index in [1.165, 1.54) is 12.4 Å². The Bertz CT molecular complexity index is 1180. The first-order valence-corrected chi connectivity index (χ1v) is 11.2. The van der Waals surface area contributed by atoms with Gasteiger partial charge in [-0.3, -0.25) is 9.69 Å². The van der Waals surface area contributed by atoms with Crippen LogP contribution in [0.15, 0.2) is 42.7 Å². The third kappa shape index (κ3) is 5.61. The van der Waals surface area contributed by atoms with Crippen molar-refractivity contribution in [2.45, 2.75) is 51.6 Å². The second kappa shape index (κ2) is 10.0. The number of amides is 1. The maximum absolute atomic E-state index is 13.2. The van der Waals surface area contributed by atoms with Crippen molar-refractivity contribution in [2.75, 3.05) is 13.7 Å². The molecule has 0 aliphatic carbocycles. The van der Waals surface area contributed by atoms with Gasteiger partial charge in [-0.05, 0) is 71.1 Å². The Morgan fingerprint density at radius 2 is 2.00 bits per heavy atom. The zero-order valence-corrected chi connectivity index (χ0v) is 19.7. The maximum Gasteiger partial charge on any atom is 0.416 e. The lowest BCUT2D eigenvalue weighted by Crippen LogP contribution is -2.42. The summed E-state index contributed by atoms with van der Waals surface area (Å²) in [6.07, 6.45) is -2.43. The van der Waals surface area contributed by atoms with E-state index in [0.29, 0.717) is 25.1 Å². The molecule has 0 unspecified atom stereocenters. The number of aryl methyl sites for hydroxylation is 2. The van der Waals surface area contributed by atoms with Gasteiger partial charge in [-0.1, -0.05) is 18.2 Å². The van der Waals surface area contributed by atoms with E-state index in [-0.39, 0.29) is 18.5 Å². The van der Waals surface area contributed by atoms with Crippen LogP contribution in [0.2, 0.25) is 0 Å². The van der Waals surface area contributed by atoms with Gasteiger partial charge in [-0.15, -0.1) is 5.10 Å². The van der Waals surface area contributed by atoms with Gasteiger partial charge in [0.25, 0.3) is 0 Å². The summed E-state index contributed by atoms with van der Waals surface area (Å²) in [6, 6.07) is 8.41. The normalized spacial score (nSPS) is 18.6. The molecule has 0 bridgehead atoms. The number of hydrogen-bond acceptors (Lipinski definition) is 6. The number of aromatic nitrogens is 4. The van der Waals surface area contributed by atoms with E-state index in [9.17, 15) is 18.0 Å². The fraction of sp³-hybridized carbons (Fsp3) is 0.417. The summed E-state index contributed by atoms with van der Waals surface area (Å²) in [5.41, 5.74) is 2.75. The predicted octanol–water partition coefficient (Wildman–Crippen LogP) is 3.45. The zero-order valence-electron chi connectivity index (χ0n) is 19.7. The van der Waals surface area contributed by atoms with E-state index >= 15 is 0 Å². The largest absolute Gasteiger partial charge is 0.496 e. The van der Waals surface area contributed by atoms with Gasteiger partial charge in [0.05, 0.1) is 24.8 Å². The van der Waals surface area contributed by atoms with Gasteiger partial charge in [0.2, 0.25) is 5.91 Å². The van der Waals surface area contributed by atoms with Crippen LogP contribution in [0.1, 0.15) is 40.3 Å². The number of ether oxygens (including phenoxy) is 1. The molecule has 186 valence electrons. The number of halogens is 3. The highest BCUT2D eigenvalue weighted by molar-refractivity contribution is 5.82. The number of nitrogens with one attached hydrogen (secondary N) is 1. The van der Waals surface area contributed by atoms with Crippen LogP contribution in [-0.4, -0.2) is 50.7 Å². The van der Waals surface area contributed by atoms with Crippen molar-refractivity contribution >= 4 is 5.91 Å². The number of carbonyl (C=O) groups excluding carboxylic acids is 1. The summed E-state index contributed by atoms with van der Waals surface area (Å²) < 4.78 is 46.2. The van der Waals surface area contributed by atoms with Crippen LogP contribution in [0.5, 0.6) is 5.75 Å². The molecule has 1 aliphatic rings. The lowest BCUT2D eigenvalue weighted by molar-refractivity contribution is -0.137. The predicted molar refractivity (Wildman–Crippen MR) is 121 cm³/mol. The van der Waals surface area contributed by atoms with Crippen LogP contribution in [0, 0.1) is 13.8 Å². The minimum Gasteiger partial charge on any atom is -0.496 e. The highest BCUT2D eigenvalue weighted by Gasteiger charge is 2.38. The van der Waals surface area contributed by atoms with Gasteiger partial charge >= 0.3 is 6.18 Å². The molecule has 2 aromatic carbocycles. The first-order valence-electron chi connectivity index (χ1n) is 11.2. The van der Waals surface area contributed by atoms with Crippen LogP contribution in [0.25, 0.3) is 0 Å². The molecule has 8 nitrogen and oxygen atoms in total. The fourth-order valence-electron chi connectivity index (χ4n) is 4.48. The first-order chi connectivity index (χ1) is 16.7. The third-order valence-corrected chi connectivity index (χ3v) is 6.37. The van der Waals surface area contributed by atoms with Gasteiger partial charge < -0.3 is 10.1 Å². The molecule has 1 saturated heterocycles. The number of methoxy groups -OCH3 is 1. The summed E-state index contributed by atoms with van der Waals surface area (Å²) in [5, 5.41) is 14.2. The number of benzene rings is 2. The van der Waals surface area contributed by atoms with Gasteiger partial charge in [0.15, 0.2) is 0 Å². The van der Waals surface area contributed by atoms with Gasteiger partial charge in [0.1, 0.15) is 12.1 Å². The number of likely N-dealkylation sites (tertiary alicyclic amines) is 1. The average Bonchev–Trinajstić information content (AvgIpc) is 3.49. The summed E-state index contributed by atoms with van der Waals surface area (Å²) in [7, 11) is 1.63. The first kappa shape index (κ1) is 24.6. The molecule has 1 aromatic heterocycles. The van der Waals surface area contributed by atoms with E-state index in [0.717, 1.165) is 34.6 Å². The number of tetrazole rings is 1. The minimum absolute atomic E-state index is 0.00329. The Kier molecular flexibility index (Phi) is 7.06. The molecular weight excluding hydrogens is 461 g/mol. The summed E-state index contributed by atoms with van der Waals surface area (Å²) >= 11 is 0. The Morgan fingerprint density at radius 1 is 1.20 bits per heavy atom. The SMILES string of the molecule is COc1cc(C)c(CN2C[C@H](n3cnnn3)C[C@H]2C(=O)NCc2cccc(C(F)(F)F)c2)cc1C. The van der Waals surface area contributed by atoms with E-state index in [4.69, 9.17) is 4.74 Å². The highest BCUT2D eigenvalue weighted by atomic mass is 19.4. The Morgan fingerprint density at radius 3 is 2.69 bits per heavy atom. The quantitative estimate of drug-likeness (QED) is 0.549. The molecule has 0 radical (unpaired) electrons. The molecule has 1 aliphatic heterocycles. The summed E-state index contributed by atoms with van der Waals surface area (Å²) in [6.45, 7) is 5.04. The van der Waals surface area contributed by atoms with E-state index in [1.807, 2.05) is 19.9 Å². The van der Waals surface area contributed by atoms with Crippen molar-refractivity contribution in [3.8, 4) is 5.75 Å². The average molecular weight is 489 g/mol. The smallest absolute Gasteiger partial charge is 0.416 e. The Hall–Kier alpha value is -3.47. The maximum atomic E-state index is 13.2. The molecule has 35 heavy (non-hydrogen) atoms. The van der Waals surface area contributed by atoms with Crippen molar-refractivity contribution < 1.29 is 22.7 Å². The van der Waals surface area contributed by atoms with Crippen molar-refractivity contribution in [1.82, 2.24) is 30.4 Å². The van der Waals surface area contributed by atoms with Gasteiger partial charge in [0, 0.05) is 19.6 Å². The van der Waals surface area contributed by atoms with E-state index in [1.54, 1.807) is 17.9 Å².